The predicted octanol–water partition coefficient (Wildman–Crippen LogP) is 3.47. The van der Waals surface area contributed by atoms with E-state index in [1.165, 1.54) is 25.7 Å². The van der Waals surface area contributed by atoms with Gasteiger partial charge >= 0.3 is 0 Å². The SMILES string of the molecule is Cc1cc(C)nc(NC2CCCC(C)(C)C2)n1. The molecular weight excluding hydrogens is 210 g/mol. The summed E-state index contributed by atoms with van der Waals surface area (Å²) >= 11 is 0. The summed E-state index contributed by atoms with van der Waals surface area (Å²) in [5.41, 5.74) is 2.53. The van der Waals surface area contributed by atoms with Crippen molar-refractivity contribution in [3.8, 4) is 0 Å². The zero-order chi connectivity index (χ0) is 12.5. The van der Waals surface area contributed by atoms with Crippen molar-refractivity contribution in [1.82, 2.24) is 9.97 Å². The van der Waals surface area contributed by atoms with Crippen LogP contribution in [0.2, 0.25) is 0 Å². The molecule has 0 radical (unpaired) electrons. The third kappa shape index (κ3) is 3.42. The maximum Gasteiger partial charge on any atom is 0.223 e. The van der Waals surface area contributed by atoms with Crippen molar-refractivity contribution in [3.05, 3.63) is 17.5 Å². The van der Waals surface area contributed by atoms with Crippen LogP contribution >= 0.6 is 0 Å². The summed E-state index contributed by atoms with van der Waals surface area (Å²) in [5, 5.41) is 3.50. The summed E-state index contributed by atoms with van der Waals surface area (Å²) in [7, 11) is 0. The van der Waals surface area contributed by atoms with Crippen LogP contribution in [0.1, 0.15) is 50.9 Å². The molecule has 1 fully saturated rings. The molecule has 1 aliphatic carbocycles. The van der Waals surface area contributed by atoms with Crippen molar-refractivity contribution in [2.75, 3.05) is 5.32 Å². The van der Waals surface area contributed by atoms with E-state index >= 15 is 0 Å². The number of aryl methyl sites for hydroxylation is 2. The molecule has 1 aliphatic rings. The second-order valence-electron chi connectivity index (χ2n) is 6.08. The molecule has 1 saturated carbocycles. The van der Waals surface area contributed by atoms with Crippen LogP contribution in [-0.2, 0) is 0 Å². The molecule has 3 nitrogen and oxygen atoms in total. The molecular formula is C14H23N3. The Balaban J connectivity index is 2.05. The van der Waals surface area contributed by atoms with Crippen LogP contribution in [0.4, 0.5) is 5.95 Å². The molecule has 0 spiro atoms. The minimum absolute atomic E-state index is 0.453. The number of hydrogen-bond donors (Lipinski definition) is 1. The molecule has 17 heavy (non-hydrogen) atoms. The number of nitrogens with one attached hydrogen (secondary N) is 1. The minimum atomic E-state index is 0.453. The average Bonchev–Trinajstić information content (AvgIpc) is 2.13. The van der Waals surface area contributed by atoms with Gasteiger partial charge in [0.15, 0.2) is 0 Å². The molecule has 2 rings (SSSR count). The summed E-state index contributed by atoms with van der Waals surface area (Å²) in [5.74, 6) is 0.796. The van der Waals surface area contributed by atoms with Crippen LogP contribution in [0.25, 0.3) is 0 Å². The fourth-order valence-electron chi connectivity index (χ4n) is 2.79. The van der Waals surface area contributed by atoms with Crippen molar-refractivity contribution in [1.29, 1.82) is 0 Å². The van der Waals surface area contributed by atoms with E-state index in [0.29, 0.717) is 11.5 Å². The Morgan fingerprint density at radius 2 is 1.88 bits per heavy atom. The van der Waals surface area contributed by atoms with Gasteiger partial charge in [0.1, 0.15) is 0 Å². The summed E-state index contributed by atoms with van der Waals surface area (Å²) in [4.78, 5) is 8.91. The number of anilines is 1. The second kappa shape index (κ2) is 4.63. The Labute approximate surface area is 104 Å². The van der Waals surface area contributed by atoms with Crippen molar-refractivity contribution in [2.45, 2.75) is 59.4 Å². The number of nitrogens with zero attached hydrogens (tertiary/aromatic N) is 2. The molecule has 1 atom stereocenters. The van der Waals surface area contributed by atoms with Crippen molar-refractivity contribution >= 4 is 5.95 Å². The molecule has 1 N–H and O–H groups in total. The number of aromatic nitrogens is 2. The average molecular weight is 233 g/mol. The van der Waals surface area contributed by atoms with E-state index in [1.807, 2.05) is 19.9 Å². The summed E-state index contributed by atoms with van der Waals surface area (Å²) in [6.45, 7) is 8.74. The maximum atomic E-state index is 4.45. The van der Waals surface area contributed by atoms with Gasteiger partial charge in [0, 0.05) is 17.4 Å². The van der Waals surface area contributed by atoms with Gasteiger partial charge in [-0.2, -0.15) is 0 Å². The summed E-state index contributed by atoms with van der Waals surface area (Å²) in [6.07, 6.45) is 5.08. The number of rotatable bonds is 2. The third-order valence-corrected chi connectivity index (χ3v) is 3.52. The highest BCUT2D eigenvalue weighted by Crippen LogP contribution is 2.35. The van der Waals surface area contributed by atoms with Crippen molar-refractivity contribution in [3.63, 3.8) is 0 Å². The third-order valence-electron chi connectivity index (χ3n) is 3.52. The molecule has 1 aromatic rings. The molecule has 94 valence electrons. The lowest BCUT2D eigenvalue weighted by Crippen LogP contribution is -2.32. The van der Waals surface area contributed by atoms with E-state index in [2.05, 4.69) is 29.1 Å². The van der Waals surface area contributed by atoms with E-state index in [1.54, 1.807) is 0 Å². The first-order chi connectivity index (χ1) is 7.94. The fraction of sp³-hybridized carbons (Fsp3) is 0.714. The van der Waals surface area contributed by atoms with E-state index in [-0.39, 0.29) is 0 Å². The van der Waals surface area contributed by atoms with Gasteiger partial charge < -0.3 is 5.32 Å². The summed E-state index contributed by atoms with van der Waals surface area (Å²) in [6, 6.07) is 2.54. The molecule has 0 bridgehead atoms. The van der Waals surface area contributed by atoms with Gasteiger partial charge in [0.2, 0.25) is 5.95 Å². The quantitative estimate of drug-likeness (QED) is 0.850. The Kier molecular flexibility index (Phi) is 3.36. The van der Waals surface area contributed by atoms with Gasteiger partial charge in [-0.3, -0.25) is 0 Å². The Morgan fingerprint density at radius 3 is 2.47 bits per heavy atom. The Morgan fingerprint density at radius 1 is 1.24 bits per heavy atom. The van der Waals surface area contributed by atoms with E-state index in [9.17, 15) is 0 Å². The topological polar surface area (TPSA) is 37.8 Å². The Hall–Kier alpha value is -1.12. The highest BCUT2D eigenvalue weighted by molar-refractivity contribution is 5.29. The van der Waals surface area contributed by atoms with Crippen LogP contribution in [0.15, 0.2) is 6.07 Å². The molecule has 0 saturated heterocycles. The molecule has 0 aromatic carbocycles. The normalized spacial score (nSPS) is 23.4. The summed E-state index contributed by atoms with van der Waals surface area (Å²) < 4.78 is 0. The van der Waals surface area contributed by atoms with Gasteiger partial charge in [0.25, 0.3) is 0 Å². The van der Waals surface area contributed by atoms with Crippen molar-refractivity contribution in [2.24, 2.45) is 5.41 Å². The molecule has 1 heterocycles. The molecule has 0 aliphatic heterocycles. The first-order valence-corrected chi connectivity index (χ1v) is 6.53. The first-order valence-electron chi connectivity index (χ1n) is 6.53. The number of hydrogen-bond acceptors (Lipinski definition) is 3. The van der Waals surface area contributed by atoms with Crippen LogP contribution in [0.3, 0.4) is 0 Å². The van der Waals surface area contributed by atoms with E-state index in [4.69, 9.17) is 0 Å². The lowest BCUT2D eigenvalue weighted by molar-refractivity contribution is 0.229. The minimum Gasteiger partial charge on any atom is -0.351 e. The van der Waals surface area contributed by atoms with Gasteiger partial charge in [-0.1, -0.05) is 20.3 Å². The molecule has 3 heteroatoms. The van der Waals surface area contributed by atoms with E-state index < -0.39 is 0 Å². The molecule has 1 unspecified atom stereocenters. The fourth-order valence-corrected chi connectivity index (χ4v) is 2.79. The van der Waals surface area contributed by atoms with Gasteiger partial charge in [0.05, 0.1) is 0 Å². The lowest BCUT2D eigenvalue weighted by Gasteiger charge is -2.35. The van der Waals surface area contributed by atoms with Crippen LogP contribution in [0, 0.1) is 19.3 Å². The predicted molar refractivity (Wildman–Crippen MR) is 71.2 cm³/mol. The van der Waals surface area contributed by atoms with Crippen LogP contribution < -0.4 is 5.32 Å². The largest absolute Gasteiger partial charge is 0.351 e. The highest BCUT2D eigenvalue weighted by atomic mass is 15.1. The zero-order valence-corrected chi connectivity index (χ0v) is 11.4. The Bertz CT molecular complexity index is 378. The first kappa shape index (κ1) is 12.3. The molecule has 0 amide bonds. The van der Waals surface area contributed by atoms with Gasteiger partial charge in [-0.15, -0.1) is 0 Å². The second-order valence-corrected chi connectivity index (χ2v) is 6.08. The monoisotopic (exact) mass is 233 g/mol. The van der Waals surface area contributed by atoms with E-state index in [0.717, 1.165) is 17.3 Å². The maximum absolute atomic E-state index is 4.45. The smallest absolute Gasteiger partial charge is 0.223 e. The zero-order valence-electron chi connectivity index (χ0n) is 11.4. The van der Waals surface area contributed by atoms with Gasteiger partial charge in [-0.05, 0) is 44.6 Å². The van der Waals surface area contributed by atoms with Gasteiger partial charge in [-0.25, -0.2) is 9.97 Å². The van der Waals surface area contributed by atoms with Crippen LogP contribution in [-0.4, -0.2) is 16.0 Å². The highest BCUT2D eigenvalue weighted by Gasteiger charge is 2.28. The molecule has 1 aromatic heterocycles. The lowest BCUT2D eigenvalue weighted by atomic mass is 9.75. The van der Waals surface area contributed by atoms with Crippen LogP contribution in [0.5, 0.6) is 0 Å². The van der Waals surface area contributed by atoms with Crippen molar-refractivity contribution < 1.29 is 0 Å². The standard InChI is InChI=1S/C14H23N3/c1-10-8-11(2)16-13(15-10)17-12-6-5-7-14(3,4)9-12/h8,12H,5-7,9H2,1-4H3,(H,15,16,17).